The second-order valence-electron chi connectivity index (χ2n) is 5.42. The molecule has 2 rings (SSSR count). The maximum Gasteiger partial charge on any atom is 0.157 e. The Bertz CT molecular complexity index is 539. The normalized spacial score (nSPS) is 11.2. The average molecular weight is 273 g/mol. The molecule has 2 heterocycles. The second kappa shape index (κ2) is 6.61. The van der Waals surface area contributed by atoms with E-state index in [1.165, 1.54) is 5.56 Å². The van der Waals surface area contributed by atoms with Crippen LogP contribution in [0, 0.1) is 13.8 Å². The highest BCUT2D eigenvalue weighted by Crippen LogP contribution is 2.09. The molecule has 108 valence electrons. The van der Waals surface area contributed by atoms with Crippen molar-refractivity contribution in [3.8, 4) is 5.82 Å². The fraction of sp³-hybridized carbons (Fsp3) is 0.533. The van der Waals surface area contributed by atoms with Crippen molar-refractivity contribution in [1.82, 2.24) is 25.1 Å². The lowest BCUT2D eigenvalue weighted by Crippen LogP contribution is -2.23. The number of nitrogens with zero attached hydrogens (tertiary/aromatic N) is 4. The van der Waals surface area contributed by atoms with Gasteiger partial charge >= 0.3 is 0 Å². The molecule has 0 aliphatic carbocycles. The minimum absolute atomic E-state index is 0.546. The fourth-order valence-corrected chi connectivity index (χ4v) is 2.11. The van der Waals surface area contributed by atoms with Crippen LogP contribution in [0.25, 0.3) is 5.82 Å². The van der Waals surface area contributed by atoms with E-state index >= 15 is 0 Å². The number of nitrogens with one attached hydrogen (secondary N) is 1. The molecule has 0 saturated heterocycles. The van der Waals surface area contributed by atoms with Crippen LogP contribution in [0.1, 0.15) is 37.4 Å². The van der Waals surface area contributed by atoms with Crippen molar-refractivity contribution in [3.63, 3.8) is 0 Å². The molecule has 20 heavy (non-hydrogen) atoms. The molecule has 0 saturated carbocycles. The van der Waals surface area contributed by atoms with E-state index in [0.29, 0.717) is 6.04 Å². The molecule has 1 N–H and O–H groups in total. The van der Waals surface area contributed by atoms with Gasteiger partial charge in [0.05, 0.1) is 6.20 Å². The van der Waals surface area contributed by atoms with Crippen LogP contribution in [-0.4, -0.2) is 32.3 Å². The van der Waals surface area contributed by atoms with Crippen molar-refractivity contribution in [1.29, 1.82) is 0 Å². The maximum absolute atomic E-state index is 4.41. The third-order valence-electron chi connectivity index (χ3n) is 3.02. The Kier molecular flexibility index (Phi) is 4.84. The quantitative estimate of drug-likeness (QED) is 0.820. The Morgan fingerprint density at radius 2 is 2.05 bits per heavy atom. The number of aromatic nitrogens is 4. The monoisotopic (exact) mass is 273 g/mol. The first-order valence-corrected chi connectivity index (χ1v) is 7.14. The van der Waals surface area contributed by atoms with E-state index < -0.39 is 0 Å². The van der Waals surface area contributed by atoms with Gasteiger partial charge in [-0.25, -0.2) is 14.6 Å². The minimum Gasteiger partial charge on any atom is -0.315 e. The number of rotatable bonds is 6. The summed E-state index contributed by atoms with van der Waals surface area (Å²) in [5.74, 6) is 1.61. The van der Waals surface area contributed by atoms with Gasteiger partial charge in [-0.3, -0.25) is 0 Å². The zero-order chi connectivity index (χ0) is 14.5. The van der Waals surface area contributed by atoms with E-state index in [1.807, 2.05) is 30.8 Å². The van der Waals surface area contributed by atoms with Gasteiger partial charge in [-0.05, 0) is 38.8 Å². The summed E-state index contributed by atoms with van der Waals surface area (Å²) in [6, 6.07) is 2.49. The maximum atomic E-state index is 4.41. The van der Waals surface area contributed by atoms with Crippen LogP contribution in [-0.2, 0) is 6.42 Å². The third kappa shape index (κ3) is 4.13. The van der Waals surface area contributed by atoms with Gasteiger partial charge in [-0.2, -0.15) is 5.10 Å². The molecule has 0 atom stereocenters. The van der Waals surface area contributed by atoms with Gasteiger partial charge in [0.2, 0.25) is 0 Å². The lowest BCUT2D eigenvalue weighted by Gasteiger charge is -2.06. The second-order valence-corrected chi connectivity index (χ2v) is 5.42. The van der Waals surface area contributed by atoms with Crippen LogP contribution >= 0.6 is 0 Å². The van der Waals surface area contributed by atoms with Crippen LogP contribution in [0.3, 0.4) is 0 Å². The van der Waals surface area contributed by atoms with Crippen LogP contribution in [0.2, 0.25) is 0 Å². The largest absolute Gasteiger partial charge is 0.315 e. The summed E-state index contributed by atoms with van der Waals surface area (Å²) in [7, 11) is 0. The highest BCUT2D eigenvalue weighted by atomic mass is 15.3. The van der Waals surface area contributed by atoms with Crippen LogP contribution < -0.4 is 5.32 Å². The molecular weight excluding hydrogens is 250 g/mol. The van der Waals surface area contributed by atoms with Crippen molar-refractivity contribution < 1.29 is 0 Å². The Morgan fingerprint density at radius 3 is 2.75 bits per heavy atom. The highest BCUT2D eigenvalue weighted by molar-refractivity contribution is 5.25. The van der Waals surface area contributed by atoms with Gasteiger partial charge in [-0.1, -0.05) is 13.8 Å². The molecule has 0 bridgehead atoms. The summed E-state index contributed by atoms with van der Waals surface area (Å²) in [4.78, 5) is 8.70. The van der Waals surface area contributed by atoms with E-state index in [9.17, 15) is 0 Å². The van der Waals surface area contributed by atoms with Gasteiger partial charge in [0.1, 0.15) is 5.82 Å². The van der Waals surface area contributed by atoms with E-state index in [2.05, 4.69) is 40.4 Å². The Morgan fingerprint density at radius 1 is 1.25 bits per heavy atom. The van der Waals surface area contributed by atoms with Crippen molar-refractivity contribution in [2.75, 3.05) is 6.54 Å². The summed E-state index contributed by atoms with van der Waals surface area (Å²) < 4.78 is 1.83. The standard InChI is InChI=1S/C15H23N5/c1-11(2)16-7-5-6-14-9-17-20(10-14)15-8-12(3)18-13(4)19-15/h8-11,16H,5-7H2,1-4H3. The van der Waals surface area contributed by atoms with Gasteiger partial charge < -0.3 is 5.32 Å². The first-order valence-electron chi connectivity index (χ1n) is 7.14. The van der Waals surface area contributed by atoms with E-state index in [0.717, 1.165) is 36.7 Å². The number of hydrogen-bond acceptors (Lipinski definition) is 4. The summed E-state index contributed by atoms with van der Waals surface area (Å²) >= 11 is 0. The van der Waals surface area contributed by atoms with Crippen molar-refractivity contribution in [2.24, 2.45) is 0 Å². The average Bonchev–Trinajstić information content (AvgIpc) is 2.82. The predicted octanol–water partition coefficient (Wildman–Crippen LogP) is 2.21. The molecule has 0 fully saturated rings. The minimum atomic E-state index is 0.546. The molecule has 5 nitrogen and oxygen atoms in total. The Balaban J connectivity index is 1.98. The molecule has 0 aromatic carbocycles. The van der Waals surface area contributed by atoms with Crippen molar-refractivity contribution in [3.05, 3.63) is 35.5 Å². The zero-order valence-corrected chi connectivity index (χ0v) is 12.7. The molecular formula is C15H23N5. The first kappa shape index (κ1) is 14.7. The molecule has 0 aliphatic heterocycles. The number of aryl methyl sites for hydroxylation is 3. The summed E-state index contributed by atoms with van der Waals surface area (Å²) in [6.07, 6.45) is 6.12. The lowest BCUT2D eigenvalue weighted by atomic mass is 10.2. The molecule has 0 unspecified atom stereocenters. The molecule has 2 aromatic heterocycles. The summed E-state index contributed by atoms with van der Waals surface area (Å²) in [5, 5.41) is 7.81. The zero-order valence-electron chi connectivity index (χ0n) is 12.7. The van der Waals surface area contributed by atoms with Gasteiger partial charge in [-0.15, -0.1) is 0 Å². The molecule has 0 radical (unpaired) electrons. The van der Waals surface area contributed by atoms with E-state index in [-0.39, 0.29) is 0 Å². The predicted molar refractivity (Wildman–Crippen MR) is 80.1 cm³/mol. The van der Waals surface area contributed by atoms with Gasteiger partial charge in [0, 0.05) is 24.0 Å². The smallest absolute Gasteiger partial charge is 0.157 e. The first-order chi connectivity index (χ1) is 9.54. The highest BCUT2D eigenvalue weighted by Gasteiger charge is 2.04. The van der Waals surface area contributed by atoms with Crippen LogP contribution in [0.5, 0.6) is 0 Å². The summed E-state index contributed by atoms with van der Waals surface area (Å²) in [5.41, 5.74) is 2.20. The van der Waals surface area contributed by atoms with Crippen LogP contribution in [0.15, 0.2) is 18.5 Å². The van der Waals surface area contributed by atoms with Crippen molar-refractivity contribution >= 4 is 0 Å². The summed E-state index contributed by atoms with van der Waals surface area (Å²) in [6.45, 7) is 9.24. The molecule has 5 heteroatoms. The van der Waals surface area contributed by atoms with E-state index in [1.54, 1.807) is 0 Å². The van der Waals surface area contributed by atoms with Crippen LogP contribution in [0.4, 0.5) is 0 Å². The van der Waals surface area contributed by atoms with E-state index in [4.69, 9.17) is 0 Å². The molecule has 0 aliphatic rings. The SMILES string of the molecule is Cc1cc(-n2cc(CCCNC(C)C)cn2)nc(C)n1. The fourth-order valence-electron chi connectivity index (χ4n) is 2.11. The Labute approximate surface area is 120 Å². The van der Waals surface area contributed by atoms with Crippen molar-refractivity contribution in [2.45, 2.75) is 46.6 Å². The molecule has 2 aromatic rings. The number of hydrogen-bond donors (Lipinski definition) is 1. The third-order valence-corrected chi connectivity index (χ3v) is 3.02. The lowest BCUT2D eigenvalue weighted by molar-refractivity contribution is 0.570. The van der Waals surface area contributed by atoms with Gasteiger partial charge in [0.25, 0.3) is 0 Å². The topological polar surface area (TPSA) is 55.6 Å². The Hall–Kier alpha value is -1.75. The van der Waals surface area contributed by atoms with Gasteiger partial charge in [0.15, 0.2) is 5.82 Å². The molecule has 0 amide bonds. The molecule has 0 spiro atoms.